The second-order valence-electron chi connectivity index (χ2n) is 8.11. The van der Waals surface area contributed by atoms with Crippen molar-refractivity contribution in [2.24, 2.45) is 0 Å². The Morgan fingerprint density at radius 2 is 1.13 bits per heavy atom. The van der Waals surface area contributed by atoms with Crippen LogP contribution >= 0.6 is 15.8 Å². The highest BCUT2D eigenvalue weighted by atomic mass is 31.1. The van der Waals surface area contributed by atoms with Crippen LogP contribution in [0.2, 0.25) is 0 Å². The van der Waals surface area contributed by atoms with Crippen LogP contribution in [-0.4, -0.2) is 29.1 Å². The van der Waals surface area contributed by atoms with Crippen LogP contribution in [0.1, 0.15) is 26.7 Å². The highest BCUT2D eigenvalue weighted by Crippen LogP contribution is 2.77. The fourth-order valence-corrected chi connectivity index (χ4v) is 11.1. The van der Waals surface area contributed by atoms with Gasteiger partial charge in [0.2, 0.25) is 0 Å². The van der Waals surface area contributed by atoms with Gasteiger partial charge >= 0.3 is 17.8 Å². The number of halogens is 6. The molecule has 2 aliphatic rings. The van der Waals surface area contributed by atoms with E-state index in [2.05, 4.69) is 0 Å². The maximum Gasteiger partial charge on any atom is 0.380 e. The van der Waals surface area contributed by atoms with Gasteiger partial charge in [-0.1, -0.05) is 82.4 Å². The highest BCUT2D eigenvalue weighted by Gasteiger charge is 2.81. The summed E-state index contributed by atoms with van der Waals surface area (Å²) in [4.78, 5) is 0. The van der Waals surface area contributed by atoms with Gasteiger partial charge in [-0.3, -0.25) is 0 Å². The van der Waals surface area contributed by atoms with Gasteiger partial charge in [0, 0.05) is 10.6 Å². The van der Waals surface area contributed by atoms with E-state index in [1.165, 1.54) is 0 Å². The Labute approximate surface area is 180 Å². The molecule has 1 fully saturated rings. The summed E-state index contributed by atoms with van der Waals surface area (Å²) in [6.07, 6.45) is 1.15. The van der Waals surface area contributed by atoms with Crippen LogP contribution in [0, 0.1) is 0 Å². The Morgan fingerprint density at radius 3 is 1.55 bits per heavy atom. The number of allylic oxidation sites excluding steroid dienone is 2. The third-order valence-corrected chi connectivity index (χ3v) is 12.3. The minimum Gasteiger partial charge on any atom is -0.194 e. The predicted octanol–water partition coefficient (Wildman–Crippen LogP) is 7.30. The topological polar surface area (TPSA) is 0 Å². The molecule has 2 aromatic carbocycles. The first kappa shape index (κ1) is 22.8. The Hall–Kier alpha value is -1.38. The van der Waals surface area contributed by atoms with E-state index < -0.39 is 44.2 Å². The fourth-order valence-electron chi connectivity index (χ4n) is 4.52. The molecule has 0 radical (unpaired) electrons. The van der Waals surface area contributed by atoms with E-state index in [1.807, 2.05) is 0 Å². The molecule has 0 aromatic heterocycles. The number of alkyl halides is 6. The van der Waals surface area contributed by atoms with Gasteiger partial charge in [0.1, 0.15) is 0 Å². The predicted molar refractivity (Wildman–Crippen MR) is 116 cm³/mol. The largest absolute Gasteiger partial charge is 0.380 e. The average Bonchev–Trinajstić information content (AvgIpc) is 3.10. The molecule has 8 heteroatoms. The number of rotatable bonds is 4. The third kappa shape index (κ3) is 3.37. The van der Waals surface area contributed by atoms with Crippen molar-refractivity contribution in [2.45, 2.75) is 55.8 Å². The van der Waals surface area contributed by atoms with E-state index in [0.717, 1.165) is 0 Å². The molecular formula is C23H22F6P2. The maximum absolute atomic E-state index is 15.4. The van der Waals surface area contributed by atoms with E-state index in [4.69, 9.17) is 0 Å². The SMILES string of the molecule is C[C@@H]1CC[C@@H](C)P1C1=C(P(c2ccccc2)c2ccccc2)C(F)(F)C(F)(F)C1(F)F. The summed E-state index contributed by atoms with van der Waals surface area (Å²) in [5.41, 5.74) is -0.622. The lowest BCUT2D eigenvalue weighted by atomic mass is 10.2. The summed E-state index contributed by atoms with van der Waals surface area (Å²) in [6, 6.07) is 16.0. The number of benzene rings is 2. The van der Waals surface area contributed by atoms with Crippen molar-refractivity contribution in [1.82, 2.24) is 0 Å². The van der Waals surface area contributed by atoms with Gasteiger partial charge in [-0.25, -0.2) is 0 Å². The second-order valence-corrected chi connectivity index (χ2v) is 13.3. The Bertz CT molecular complexity index is 925. The maximum atomic E-state index is 15.4. The van der Waals surface area contributed by atoms with Gasteiger partial charge in [-0.05, 0) is 42.7 Å². The van der Waals surface area contributed by atoms with Gasteiger partial charge in [-0.2, -0.15) is 26.3 Å². The number of hydrogen-bond acceptors (Lipinski definition) is 0. The summed E-state index contributed by atoms with van der Waals surface area (Å²) < 4.78 is 90.9. The van der Waals surface area contributed by atoms with Crippen molar-refractivity contribution >= 4 is 26.5 Å². The molecule has 0 N–H and O–H groups in total. The molecule has 0 amide bonds. The van der Waals surface area contributed by atoms with Crippen LogP contribution in [0.15, 0.2) is 71.3 Å². The summed E-state index contributed by atoms with van der Waals surface area (Å²) in [6.45, 7) is 3.44. The van der Waals surface area contributed by atoms with Crippen LogP contribution in [0.25, 0.3) is 0 Å². The van der Waals surface area contributed by atoms with Crippen molar-refractivity contribution in [2.75, 3.05) is 0 Å². The highest BCUT2D eigenvalue weighted by molar-refractivity contribution is 7.78. The zero-order valence-electron chi connectivity index (χ0n) is 17.0. The smallest absolute Gasteiger partial charge is 0.194 e. The van der Waals surface area contributed by atoms with Crippen LogP contribution in [0.5, 0.6) is 0 Å². The lowest BCUT2D eigenvalue weighted by Crippen LogP contribution is -2.49. The molecule has 31 heavy (non-hydrogen) atoms. The van der Waals surface area contributed by atoms with E-state index in [-0.39, 0.29) is 11.3 Å². The fraction of sp³-hybridized carbons (Fsp3) is 0.391. The van der Waals surface area contributed by atoms with E-state index in [1.54, 1.807) is 74.5 Å². The van der Waals surface area contributed by atoms with Gasteiger partial charge in [-0.15, -0.1) is 0 Å². The van der Waals surface area contributed by atoms with Crippen LogP contribution in [0.3, 0.4) is 0 Å². The monoisotopic (exact) mass is 474 g/mol. The standard InChI is InChI=1S/C23H22F6P2/c1-15-13-14-16(2)30(15)19-20(22(26,27)23(28,29)21(19,24)25)31(17-9-5-3-6-10-17)18-11-7-4-8-12-18/h3-12,15-16H,13-14H2,1-2H3/t15-,16-/m1/s1. The van der Waals surface area contributed by atoms with Crippen molar-refractivity contribution < 1.29 is 26.3 Å². The second kappa shape index (κ2) is 7.89. The minimum absolute atomic E-state index is 0.311. The Morgan fingerprint density at radius 1 is 0.710 bits per heavy atom. The molecule has 0 bridgehead atoms. The first-order valence-corrected chi connectivity index (χ1v) is 12.9. The first-order valence-electron chi connectivity index (χ1n) is 10.1. The zero-order chi connectivity index (χ0) is 22.6. The molecule has 2 atom stereocenters. The molecule has 1 heterocycles. The van der Waals surface area contributed by atoms with Crippen molar-refractivity contribution in [3.8, 4) is 0 Å². The van der Waals surface area contributed by atoms with Gasteiger partial charge in [0.25, 0.3) is 0 Å². The molecule has 0 spiro atoms. The van der Waals surface area contributed by atoms with Gasteiger partial charge in [0.05, 0.1) is 0 Å². The third-order valence-electron chi connectivity index (χ3n) is 6.07. The quantitative estimate of drug-likeness (QED) is 0.322. The van der Waals surface area contributed by atoms with E-state index >= 15 is 17.6 Å². The van der Waals surface area contributed by atoms with Crippen molar-refractivity contribution in [3.05, 3.63) is 71.3 Å². The lowest BCUT2D eigenvalue weighted by molar-refractivity contribution is -0.261. The zero-order valence-corrected chi connectivity index (χ0v) is 18.8. The number of hydrogen-bond donors (Lipinski definition) is 0. The molecule has 2 aromatic rings. The molecule has 1 saturated heterocycles. The Balaban J connectivity index is 2.07. The van der Waals surface area contributed by atoms with Gasteiger partial charge < -0.3 is 0 Å². The summed E-state index contributed by atoms with van der Waals surface area (Å²) in [5.74, 6) is -15.3. The van der Waals surface area contributed by atoms with E-state index in [0.29, 0.717) is 23.5 Å². The van der Waals surface area contributed by atoms with Crippen LogP contribution in [0.4, 0.5) is 26.3 Å². The Kier molecular flexibility index (Phi) is 5.80. The van der Waals surface area contributed by atoms with Crippen molar-refractivity contribution in [1.29, 1.82) is 0 Å². The molecule has 166 valence electrons. The van der Waals surface area contributed by atoms with Crippen LogP contribution < -0.4 is 10.6 Å². The van der Waals surface area contributed by atoms with Gasteiger partial charge in [0.15, 0.2) is 0 Å². The normalized spacial score (nSPS) is 27.3. The first-order chi connectivity index (χ1) is 14.5. The molecule has 0 saturated carbocycles. The summed E-state index contributed by atoms with van der Waals surface area (Å²) in [5, 5.41) is -1.28. The minimum atomic E-state index is -5.46. The average molecular weight is 474 g/mol. The molecule has 1 aliphatic carbocycles. The van der Waals surface area contributed by atoms with Crippen molar-refractivity contribution in [3.63, 3.8) is 0 Å². The van der Waals surface area contributed by atoms with E-state index in [9.17, 15) is 8.78 Å². The van der Waals surface area contributed by atoms with Crippen LogP contribution in [-0.2, 0) is 0 Å². The lowest BCUT2D eigenvalue weighted by Gasteiger charge is -2.30. The summed E-state index contributed by atoms with van der Waals surface area (Å²) >= 11 is 0. The summed E-state index contributed by atoms with van der Waals surface area (Å²) in [7, 11) is -4.10. The molecule has 1 aliphatic heterocycles. The molecule has 0 nitrogen and oxygen atoms in total. The molecule has 0 unspecified atom stereocenters. The molecule has 4 rings (SSSR count). The molecular weight excluding hydrogens is 452 g/mol.